The second-order valence-electron chi connectivity index (χ2n) is 4.36. The van der Waals surface area contributed by atoms with Crippen LogP contribution in [0.2, 0.25) is 0 Å². The summed E-state index contributed by atoms with van der Waals surface area (Å²) in [5, 5.41) is 7.27. The Morgan fingerprint density at radius 1 is 1.25 bits per heavy atom. The molecule has 0 unspecified atom stereocenters. The van der Waals surface area contributed by atoms with Crippen LogP contribution in [0.4, 0.5) is 0 Å². The van der Waals surface area contributed by atoms with Crippen LogP contribution >= 0.6 is 0 Å². The first-order chi connectivity index (χ1) is 7.84. The van der Waals surface area contributed by atoms with Crippen molar-refractivity contribution in [3.63, 3.8) is 0 Å². The summed E-state index contributed by atoms with van der Waals surface area (Å²) >= 11 is 0. The van der Waals surface area contributed by atoms with Crippen LogP contribution in [-0.2, 0) is 5.41 Å². The minimum atomic E-state index is 0.0834. The standard InChI is InChI=1S/C12H14N4/c13-8-12(6-7-12)11-14-10(15-16-11)9-4-2-1-3-5-9/h1-5H,6-8,13H2,(H,14,15,16). The zero-order chi connectivity index (χ0) is 11.0. The molecule has 82 valence electrons. The van der Waals surface area contributed by atoms with Crippen molar-refractivity contribution in [1.29, 1.82) is 0 Å². The zero-order valence-corrected chi connectivity index (χ0v) is 8.98. The fraction of sp³-hybridized carbons (Fsp3) is 0.333. The number of nitrogens with two attached hydrogens (primary N) is 1. The molecule has 1 aromatic heterocycles. The number of nitrogens with one attached hydrogen (secondary N) is 1. The Balaban J connectivity index is 1.94. The fourth-order valence-corrected chi connectivity index (χ4v) is 1.90. The Morgan fingerprint density at radius 3 is 2.62 bits per heavy atom. The van der Waals surface area contributed by atoms with Crippen molar-refractivity contribution in [2.75, 3.05) is 6.54 Å². The van der Waals surface area contributed by atoms with E-state index in [1.807, 2.05) is 30.3 Å². The molecule has 1 fully saturated rings. The maximum absolute atomic E-state index is 5.76. The van der Waals surface area contributed by atoms with E-state index in [0.29, 0.717) is 6.54 Å². The van der Waals surface area contributed by atoms with E-state index in [0.717, 1.165) is 30.1 Å². The topological polar surface area (TPSA) is 67.6 Å². The summed E-state index contributed by atoms with van der Waals surface area (Å²) in [7, 11) is 0. The van der Waals surface area contributed by atoms with Gasteiger partial charge in [-0.2, -0.15) is 5.10 Å². The van der Waals surface area contributed by atoms with Crippen LogP contribution in [-0.4, -0.2) is 21.7 Å². The van der Waals surface area contributed by atoms with E-state index < -0.39 is 0 Å². The highest BCUT2D eigenvalue weighted by Crippen LogP contribution is 2.45. The number of nitrogens with zero attached hydrogens (tertiary/aromatic N) is 2. The first kappa shape index (κ1) is 9.54. The monoisotopic (exact) mass is 214 g/mol. The highest BCUT2D eigenvalue weighted by molar-refractivity contribution is 5.54. The van der Waals surface area contributed by atoms with Crippen LogP contribution in [0.5, 0.6) is 0 Å². The van der Waals surface area contributed by atoms with Gasteiger partial charge in [-0.25, -0.2) is 4.98 Å². The van der Waals surface area contributed by atoms with E-state index in [-0.39, 0.29) is 5.41 Å². The predicted octanol–water partition coefficient (Wildman–Crippen LogP) is 1.46. The van der Waals surface area contributed by atoms with Gasteiger partial charge < -0.3 is 5.73 Å². The number of hydrogen-bond donors (Lipinski definition) is 2. The number of aromatic amines is 1. The van der Waals surface area contributed by atoms with Crippen molar-refractivity contribution in [3.8, 4) is 11.4 Å². The van der Waals surface area contributed by atoms with Gasteiger partial charge in [0, 0.05) is 17.5 Å². The molecule has 2 aromatic rings. The van der Waals surface area contributed by atoms with Gasteiger partial charge in [0.05, 0.1) is 0 Å². The van der Waals surface area contributed by atoms with Crippen LogP contribution in [0, 0.1) is 0 Å². The van der Waals surface area contributed by atoms with Crippen molar-refractivity contribution in [3.05, 3.63) is 36.2 Å². The number of aromatic nitrogens is 3. The summed E-state index contributed by atoms with van der Waals surface area (Å²) in [5.41, 5.74) is 6.88. The van der Waals surface area contributed by atoms with Gasteiger partial charge in [0.1, 0.15) is 5.82 Å². The molecule has 4 nitrogen and oxygen atoms in total. The SMILES string of the molecule is NCC1(c2nc(-c3ccccc3)n[nH]2)CC1. The summed E-state index contributed by atoms with van der Waals surface area (Å²) in [4.78, 5) is 4.54. The van der Waals surface area contributed by atoms with Crippen molar-refractivity contribution in [2.45, 2.75) is 18.3 Å². The molecule has 0 saturated heterocycles. The Hall–Kier alpha value is -1.68. The Kier molecular flexibility index (Phi) is 2.04. The molecular formula is C12H14N4. The third-order valence-corrected chi connectivity index (χ3v) is 3.26. The molecule has 0 spiro atoms. The van der Waals surface area contributed by atoms with Crippen molar-refractivity contribution < 1.29 is 0 Å². The maximum atomic E-state index is 5.76. The van der Waals surface area contributed by atoms with Gasteiger partial charge in [0.15, 0.2) is 5.82 Å². The minimum Gasteiger partial charge on any atom is -0.329 e. The molecule has 4 heteroatoms. The lowest BCUT2D eigenvalue weighted by Crippen LogP contribution is -2.21. The molecular weight excluding hydrogens is 200 g/mol. The van der Waals surface area contributed by atoms with Crippen LogP contribution in [0.25, 0.3) is 11.4 Å². The van der Waals surface area contributed by atoms with Crippen molar-refractivity contribution in [1.82, 2.24) is 15.2 Å². The van der Waals surface area contributed by atoms with Crippen LogP contribution in [0.1, 0.15) is 18.7 Å². The lowest BCUT2D eigenvalue weighted by atomic mass is 10.1. The average molecular weight is 214 g/mol. The molecule has 1 aliphatic carbocycles. The Labute approximate surface area is 93.9 Å². The highest BCUT2D eigenvalue weighted by atomic mass is 15.2. The molecule has 1 heterocycles. The molecule has 0 radical (unpaired) electrons. The summed E-state index contributed by atoms with van der Waals surface area (Å²) in [6, 6.07) is 9.98. The van der Waals surface area contributed by atoms with Gasteiger partial charge in [-0.1, -0.05) is 30.3 Å². The summed E-state index contributed by atoms with van der Waals surface area (Å²) < 4.78 is 0. The van der Waals surface area contributed by atoms with E-state index in [4.69, 9.17) is 5.73 Å². The number of benzene rings is 1. The fourth-order valence-electron chi connectivity index (χ4n) is 1.90. The average Bonchev–Trinajstić information content (AvgIpc) is 3.00. The lowest BCUT2D eigenvalue weighted by Gasteiger charge is -2.05. The molecule has 3 rings (SSSR count). The van der Waals surface area contributed by atoms with E-state index >= 15 is 0 Å². The first-order valence-electron chi connectivity index (χ1n) is 5.52. The van der Waals surface area contributed by atoms with Crippen LogP contribution < -0.4 is 5.73 Å². The Bertz CT molecular complexity index is 485. The molecule has 0 bridgehead atoms. The van der Waals surface area contributed by atoms with E-state index in [2.05, 4.69) is 15.2 Å². The summed E-state index contributed by atoms with van der Waals surface area (Å²) in [6.07, 6.45) is 2.24. The normalized spacial score (nSPS) is 17.3. The van der Waals surface area contributed by atoms with Gasteiger partial charge in [-0.15, -0.1) is 0 Å². The Morgan fingerprint density at radius 2 is 2.00 bits per heavy atom. The third-order valence-electron chi connectivity index (χ3n) is 3.26. The molecule has 0 aliphatic heterocycles. The molecule has 0 atom stereocenters. The van der Waals surface area contributed by atoms with Crippen molar-refractivity contribution in [2.24, 2.45) is 5.73 Å². The molecule has 0 amide bonds. The molecule has 1 aliphatic rings. The molecule has 1 saturated carbocycles. The maximum Gasteiger partial charge on any atom is 0.181 e. The quantitative estimate of drug-likeness (QED) is 0.812. The molecule has 3 N–H and O–H groups in total. The predicted molar refractivity (Wildman–Crippen MR) is 61.8 cm³/mol. The molecule has 16 heavy (non-hydrogen) atoms. The number of rotatable bonds is 3. The second kappa shape index (κ2) is 3.42. The van der Waals surface area contributed by atoms with Crippen LogP contribution in [0.15, 0.2) is 30.3 Å². The van der Waals surface area contributed by atoms with E-state index in [1.165, 1.54) is 0 Å². The highest BCUT2D eigenvalue weighted by Gasteiger charge is 2.46. The van der Waals surface area contributed by atoms with Crippen molar-refractivity contribution >= 4 is 0 Å². The minimum absolute atomic E-state index is 0.0834. The largest absolute Gasteiger partial charge is 0.329 e. The summed E-state index contributed by atoms with van der Waals surface area (Å²) in [5.74, 6) is 1.70. The molecule has 1 aromatic carbocycles. The van der Waals surface area contributed by atoms with Crippen LogP contribution in [0.3, 0.4) is 0 Å². The van der Waals surface area contributed by atoms with Gasteiger partial charge >= 0.3 is 0 Å². The van der Waals surface area contributed by atoms with E-state index in [1.54, 1.807) is 0 Å². The lowest BCUT2D eigenvalue weighted by molar-refractivity contribution is 0.652. The van der Waals surface area contributed by atoms with E-state index in [9.17, 15) is 0 Å². The third kappa shape index (κ3) is 1.42. The number of hydrogen-bond acceptors (Lipinski definition) is 3. The zero-order valence-electron chi connectivity index (χ0n) is 8.98. The van der Waals surface area contributed by atoms with Gasteiger partial charge in [-0.05, 0) is 12.8 Å². The first-order valence-corrected chi connectivity index (χ1v) is 5.52. The smallest absolute Gasteiger partial charge is 0.181 e. The second-order valence-corrected chi connectivity index (χ2v) is 4.36. The van der Waals surface area contributed by atoms with Gasteiger partial charge in [-0.3, -0.25) is 5.10 Å². The summed E-state index contributed by atoms with van der Waals surface area (Å²) in [6.45, 7) is 0.649. The van der Waals surface area contributed by atoms with Gasteiger partial charge in [0.25, 0.3) is 0 Å². The number of H-pyrrole nitrogens is 1. The van der Waals surface area contributed by atoms with Gasteiger partial charge in [0.2, 0.25) is 0 Å².